The van der Waals surface area contributed by atoms with Gasteiger partial charge in [0.05, 0.1) is 5.57 Å². The van der Waals surface area contributed by atoms with Gasteiger partial charge in [-0.25, -0.2) is 4.79 Å². The van der Waals surface area contributed by atoms with Crippen LogP contribution in [0, 0.1) is 62.1 Å². The molecule has 0 aromatic rings. The van der Waals surface area contributed by atoms with Gasteiger partial charge < -0.3 is 10.2 Å². The lowest BCUT2D eigenvalue weighted by atomic mass is 9.35. The second-order valence-corrected chi connectivity index (χ2v) is 17.5. The van der Waals surface area contributed by atoms with E-state index in [1.54, 1.807) is 0 Å². The van der Waals surface area contributed by atoms with Gasteiger partial charge in [0.2, 0.25) is 0 Å². The van der Waals surface area contributed by atoms with Crippen molar-refractivity contribution in [3.63, 3.8) is 0 Å². The summed E-state index contributed by atoms with van der Waals surface area (Å²) in [6.45, 7) is 19.4. The summed E-state index contributed by atoms with van der Waals surface area (Å²) in [5.74, 6) is 0.718. The molecule has 3 saturated carbocycles. The van der Waals surface area contributed by atoms with Crippen LogP contribution in [0.3, 0.4) is 0 Å². The lowest BCUT2D eigenvalue weighted by Crippen LogP contribution is -2.70. The third-order valence-corrected chi connectivity index (χ3v) is 14.3. The number of rotatable bonds is 1. The number of carbonyl (C=O) groups is 3. The highest BCUT2D eigenvalue weighted by Crippen LogP contribution is 2.73. The first-order valence-corrected chi connectivity index (χ1v) is 17.0. The standard InChI is InChI=1S/C37H53N3O3/c1-23-10-17-40(18-11-23)31(43)39-37-15-13-32(2,3)21-25(37)29-26(41)19-28-34(6)20-24(22-38)30(42)33(4,5)27(34)9-12-35(28,7)36(29,8)14-16-37/h19-20,23,25,27,29H,9-18,21H2,1-8H3,(H,39,43)/t25-,27-,29-,34-,35+,36+,37-/m0/s1. The van der Waals surface area contributed by atoms with E-state index >= 15 is 0 Å². The molecule has 1 saturated heterocycles. The van der Waals surface area contributed by atoms with Crippen LogP contribution in [0.15, 0.2) is 23.3 Å². The minimum absolute atomic E-state index is 0.0414. The van der Waals surface area contributed by atoms with Crippen molar-refractivity contribution in [2.45, 2.75) is 119 Å². The van der Waals surface area contributed by atoms with E-state index in [0.29, 0.717) is 5.92 Å². The van der Waals surface area contributed by atoms with Gasteiger partial charge in [0.15, 0.2) is 11.6 Å². The van der Waals surface area contributed by atoms with Crippen molar-refractivity contribution < 1.29 is 14.4 Å². The smallest absolute Gasteiger partial charge is 0.317 e. The minimum atomic E-state index is -0.664. The fraction of sp³-hybridized carbons (Fsp3) is 0.784. The fourth-order valence-corrected chi connectivity index (χ4v) is 11.4. The SMILES string of the molecule is CC1CCN(C(=O)N[C@]23CCC(C)(C)C[C@H]2[C@H]2C(=O)C=C4[C@@]5(C)C=C(C#N)C(=O)C(C)(C)[C@@H]5CC[C@@]4(C)[C@]2(C)CC3)CC1. The molecule has 234 valence electrons. The number of urea groups is 1. The average Bonchev–Trinajstić information content (AvgIpc) is 2.93. The molecule has 1 heterocycles. The summed E-state index contributed by atoms with van der Waals surface area (Å²) >= 11 is 0. The number of fused-ring (bicyclic) bond motifs is 7. The van der Waals surface area contributed by atoms with Crippen LogP contribution in [-0.2, 0) is 9.59 Å². The number of allylic oxidation sites excluding steroid dienone is 4. The minimum Gasteiger partial charge on any atom is -0.332 e. The summed E-state index contributed by atoms with van der Waals surface area (Å²) in [4.78, 5) is 43.8. The molecule has 6 rings (SSSR count). The van der Waals surface area contributed by atoms with Crippen LogP contribution < -0.4 is 5.32 Å². The van der Waals surface area contributed by atoms with Crippen molar-refractivity contribution >= 4 is 17.6 Å². The zero-order valence-corrected chi connectivity index (χ0v) is 27.9. The van der Waals surface area contributed by atoms with Gasteiger partial charge in [0.1, 0.15) is 6.07 Å². The van der Waals surface area contributed by atoms with E-state index in [4.69, 9.17) is 0 Å². The fourth-order valence-electron chi connectivity index (χ4n) is 11.4. The Hall–Kier alpha value is -2.42. The zero-order chi connectivity index (χ0) is 31.4. The maximum Gasteiger partial charge on any atom is 0.317 e. The molecule has 6 nitrogen and oxygen atoms in total. The Kier molecular flexibility index (Phi) is 6.79. The first-order chi connectivity index (χ1) is 19.9. The molecule has 7 atom stereocenters. The van der Waals surface area contributed by atoms with E-state index < -0.39 is 10.8 Å². The number of carbonyl (C=O) groups excluding carboxylic acids is 3. The van der Waals surface area contributed by atoms with Crippen molar-refractivity contribution in [3.05, 3.63) is 23.3 Å². The van der Waals surface area contributed by atoms with Gasteiger partial charge in [-0.3, -0.25) is 9.59 Å². The van der Waals surface area contributed by atoms with E-state index in [2.05, 4.69) is 52.9 Å². The van der Waals surface area contributed by atoms with Crippen molar-refractivity contribution in [2.24, 2.45) is 50.7 Å². The van der Waals surface area contributed by atoms with E-state index in [0.717, 1.165) is 76.5 Å². The van der Waals surface area contributed by atoms with Gasteiger partial charge in [-0.1, -0.05) is 67.0 Å². The van der Waals surface area contributed by atoms with Gasteiger partial charge in [0, 0.05) is 35.4 Å². The van der Waals surface area contributed by atoms with Gasteiger partial charge >= 0.3 is 6.03 Å². The van der Waals surface area contributed by atoms with Gasteiger partial charge in [0.25, 0.3) is 0 Å². The molecule has 0 aromatic heterocycles. The number of piperidine rings is 1. The number of nitrogens with zero attached hydrogens (tertiary/aromatic N) is 2. The Labute approximate surface area is 259 Å². The second kappa shape index (κ2) is 9.54. The Morgan fingerprint density at radius 2 is 1.60 bits per heavy atom. The number of nitriles is 1. The van der Waals surface area contributed by atoms with Crippen LogP contribution in [0.4, 0.5) is 4.79 Å². The molecule has 0 bridgehead atoms. The van der Waals surface area contributed by atoms with Gasteiger partial charge in [-0.2, -0.15) is 5.26 Å². The van der Waals surface area contributed by atoms with Crippen molar-refractivity contribution in [2.75, 3.05) is 13.1 Å². The molecular formula is C37H53N3O3. The highest BCUT2D eigenvalue weighted by molar-refractivity contribution is 6.04. The summed E-state index contributed by atoms with van der Waals surface area (Å²) in [5.41, 5.74) is -0.618. The Balaban J connectivity index is 1.43. The third-order valence-electron chi connectivity index (χ3n) is 14.3. The lowest BCUT2D eigenvalue weighted by molar-refractivity contribution is -0.160. The number of Topliss-reactive ketones (excluding diaryl/α,β-unsaturated/α-hetero) is 1. The molecule has 0 radical (unpaired) electrons. The zero-order valence-electron chi connectivity index (χ0n) is 27.9. The number of hydrogen-bond acceptors (Lipinski definition) is 4. The maximum absolute atomic E-state index is 14.7. The van der Waals surface area contributed by atoms with Crippen LogP contribution in [0.2, 0.25) is 0 Å². The second-order valence-electron chi connectivity index (χ2n) is 17.5. The Morgan fingerprint density at radius 3 is 2.26 bits per heavy atom. The number of nitrogens with one attached hydrogen (secondary N) is 1. The Bertz CT molecular complexity index is 1360. The summed E-state index contributed by atoms with van der Waals surface area (Å²) < 4.78 is 0. The first kappa shape index (κ1) is 30.6. The molecule has 6 heteroatoms. The monoisotopic (exact) mass is 587 g/mol. The molecule has 0 spiro atoms. The van der Waals surface area contributed by atoms with Crippen LogP contribution in [0.25, 0.3) is 0 Å². The molecule has 2 amide bonds. The van der Waals surface area contributed by atoms with Crippen LogP contribution in [-0.4, -0.2) is 41.1 Å². The molecule has 43 heavy (non-hydrogen) atoms. The molecule has 0 aromatic carbocycles. The van der Waals surface area contributed by atoms with E-state index in [-0.39, 0.29) is 62.7 Å². The average molecular weight is 588 g/mol. The normalized spacial score (nSPS) is 43.6. The number of likely N-dealkylation sites (tertiary alicyclic amines) is 1. The van der Waals surface area contributed by atoms with Crippen LogP contribution >= 0.6 is 0 Å². The van der Waals surface area contributed by atoms with Crippen molar-refractivity contribution in [1.82, 2.24) is 10.2 Å². The van der Waals surface area contributed by atoms with E-state index in [9.17, 15) is 19.6 Å². The number of amides is 2. The quantitative estimate of drug-likeness (QED) is 0.346. The predicted octanol–water partition coefficient (Wildman–Crippen LogP) is 7.40. The van der Waals surface area contributed by atoms with E-state index in [1.165, 1.54) is 0 Å². The molecule has 1 N–H and O–H groups in total. The molecule has 1 aliphatic heterocycles. The maximum atomic E-state index is 14.7. The molecular weight excluding hydrogens is 534 g/mol. The summed E-state index contributed by atoms with van der Waals surface area (Å²) in [5, 5.41) is 13.6. The summed E-state index contributed by atoms with van der Waals surface area (Å²) in [6.07, 6.45) is 12.4. The van der Waals surface area contributed by atoms with Gasteiger partial charge in [-0.15, -0.1) is 0 Å². The first-order valence-electron chi connectivity index (χ1n) is 17.0. The van der Waals surface area contributed by atoms with Crippen LogP contribution in [0.1, 0.15) is 113 Å². The molecule has 0 unspecified atom stereocenters. The number of hydrogen-bond donors (Lipinski definition) is 1. The van der Waals surface area contributed by atoms with Crippen molar-refractivity contribution in [1.29, 1.82) is 5.26 Å². The third kappa shape index (κ3) is 4.18. The molecule has 4 fully saturated rings. The number of ketones is 2. The summed E-state index contributed by atoms with van der Waals surface area (Å²) in [7, 11) is 0. The predicted molar refractivity (Wildman–Crippen MR) is 168 cm³/mol. The largest absolute Gasteiger partial charge is 0.332 e. The van der Waals surface area contributed by atoms with Crippen molar-refractivity contribution in [3.8, 4) is 6.07 Å². The Morgan fingerprint density at radius 1 is 0.953 bits per heavy atom. The van der Waals surface area contributed by atoms with E-state index in [1.807, 2.05) is 30.9 Å². The lowest BCUT2D eigenvalue weighted by Gasteiger charge is -2.69. The highest BCUT2D eigenvalue weighted by atomic mass is 16.2. The van der Waals surface area contributed by atoms with Crippen LogP contribution in [0.5, 0.6) is 0 Å². The van der Waals surface area contributed by atoms with Gasteiger partial charge in [-0.05, 0) is 97.9 Å². The molecule has 6 aliphatic rings. The topological polar surface area (TPSA) is 90.3 Å². The molecule has 5 aliphatic carbocycles. The summed E-state index contributed by atoms with van der Waals surface area (Å²) in [6, 6.07) is 2.26. The highest BCUT2D eigenvalue weighted by Gasteiger charge is 2.70.